The van der Waals surface area contributed by atoms with Crippen molar-refractivity contribution in [2.24, 2.45) is 5.92 Å². The molecule has 1 fully saturated rings. The number of carbonyl (C=O) groups is 1. The van der Waals surface area contributed by atoms with Gasteiger partial charge in [-0.25, -0.2) is 14.4 Å². The minimum atomic E-state index is -0.956. The number of benzene rings is 1. The molecule has 0 aliphatic heterocycles. The number of hydrogen-bond acceptors (Lipinski definition) is 7. The van der Waals surface area contributed by atoms with E-state index in [0.717, 1.165) is 12.8 Å². The molecule has 0 radical (unpaired) electrons. The molecule has 1 aliphatic rings. The Labute approximate surface area is 178 Å². The van der Waals surface area contributed by atoms with Crippen molar-refractivity contribution >= 4 is 5.91 Å². The molecular weight excluding hydrogens is 401 g/mol. The van der Waals surface area contributed by atoms with Gasteiger partial charge in [0.05, 0.1) is 11.8 Å². The molecule has 1 saturated carbocycles. The van der Waals surface area contributed by atoms with Gasteiger partial charge in [0, 0.05) is 18.3 Å². The zero-order valence-corrected chi connectivity index (χ0v) is 17.0. The number of nitrogens with one attached hydrogen (secondary N) is 1. The molecule has 3 aromatic rings. The maximum atomic E-state index is 13.4. The molecule has 0 bridgehead atoms. The standard InChI is InChI=1S/C22H22FN5O3/c1-22(30,15-6-7-15)13-25-20(29)18-11-24-21(31-12-17-3-2-10-26-28-17)19(27-18)14-4-8-16(23)9-5-14/h2-5,8-11,15,30H,6-7,12-13H2,1H3,(H,25,29)/t22-/m0/s1. The van der Waals surface area contributed by atoms with Gasteiger partial charge in [-0.1, -0.05) is 0 Å². The largest absolute Gasteiger partial charge is 0.470 e. The van der Waals surface area contributed by atoms with Crippen molar-refractivity contribution in [3.05, 3.63) is 66.0 Å². The number of aromatic nitrogens is 4. The summed E-state index contributed by atoms with van der Waals surface area (Å²) in [7, 11) is 0. The molecule has 9 heteroatoms. The van der Waals surface area contributed by atoms with Crippen LogP contribution in [0.3, 0.4) is 0 Å². The van der Waals surface area contributed by atoms with Crippen LogP contribution in [0.1, 0.15) is 35.9 Å². The topological polar surface area (TPSA) is 110 Å². The summed E-state index contributed by atoms with van der Waals surface area (Å²) in [4.78, 5) is 21.3. The van der Waals surface area contributed by atoms with E-state index in [0.29, 0.717) is 17.0 Å². The van der Waals surface area contributed by atoms with Gasteiger partial charge in [-0.2, -0.15) is 10.2 Å². The minimum Gasteiger partial charge on any atom is -0.470 e. The normalized spacial score (nSPS) is 15.2. The van der Waals surface area contributed by atoms with Gasteiger partial charge in [0.15, 0.2) is 0 Å². The van der Waals surface area contributed by atoms with Gasteiger partial charge in [0.1, 0.15) is 29.5 Å². The predicted octanol–water partition coefficient (Wildman–Crippen LogP) is 2.54. The van der Waals surface area contributed by atoms with E-state index in [1.165, 1.54) is 30.5 Å². The monoisotopic (exact) mass is 423 g/mol. The van der Waals surface area contributed by atoms with Gasteiger partial charge in [-0.3, -0.25) is 4.79 Å². The number of halogens is 1. The smallest absolute Gasteiger partial charge is 0.271 e. The van der Waals surface area contributed by atoms with Gasteiger partial charge >= 0.3 is 0 Å². The summed E-state index contributed by atoms with van der Waals surface area (Å²) in [5.74, 6) is -0.475. The molecular formula is C22H22FN5O3. The molecule has 0 spiro atoms. The number of carbonyl (C=O) groups excluding carboxylic acids is 1. The number of ether oxygens (including phenoxy) is 1. The van der Waals surface area contributed by atoms with Crippen LogP contribution in [0.25, 0.3) is 11.3 Å². The highest BCUT2D eigenvalue weighted by Crippen LogP contribution is 2.39. The summed E-state index contributed by atoms with van der Waals surface area (Å²) in [5, 5.41) is 20.9. The molecule has 1 amide bonds. The van der Waals surface area contributed by atoms with Crippen molar-refractivity contribution in [3.63, 3.8) is 0 Å². The van der Waals surface area contributed by atoms with Gasteiger partial charge in [-0.05, 0) is 62.1 Å². The molecule has 1 aromatic carbocycles. The van der Waals surface area contributed by atoms with E-state index in [-0.39, 0.29) is 30.6 Å². The first-order valence-electron chi connectivity index (χ1n) is 9.95. The lowest BCUT2D eigenvalue weighted by Crippen LogP contribution is -2.42. The fourth-order valence-electron chi connectivity index (χ4n) is 3.14. The first kappa shape index (κ1) is 20.8. The fourth-order valence-corrected chi connectivity index (χ4v) is 3.14. The lowest BCUT2D eigenvalue weighted by Gasteiger charge is -2.23. The molecule has 1 aliphatic carbocycles. The Morgan fingerprint density at radius 2 is 2.06 bits per heavy atom. The Balaban J connectivity index is 1.56. The van der Waals surface area contributed by atoms with Gasteiger partial charge in [0.25, 0.3) is 5.91 Å². The lowest BCUT2D eigenvalue weighted by molar-refractivity contribution is 0.0353. The number of nitrogens with zero attached hydrogens (tertiary/aromatic N) is 4. The molecule has 2 heterocycles. The van der Waals surface area contributed by atoms with Crippen molar-refractivity contribution in [1.82, 2.24) is 25.5 Å². The average Bonchev–Trinajstić information content (AvgIpc) is 3.64. The molecule has 0 unspecified atom stereocenters. The second-order valence-corrected chi connectivity index (χ2v) is 7.73. The van der Waals surface area contributed by atoms with Crippen molar-refractivity contribution in [1.29, 1.82) is 0 Å². The minimum absolute atomic E-state index is 0.0674. The van der Waals surface area contributed by atoms with Crippen LogP contribution >= 0.6 is 0 Å². The Bertz CT molecular complexity index is 1060. The summed E-state index contributed by atoms with van der Waals surface area (Å²) in [6, 6.07) is 9.15. The highest BCUT2D eigenvalue weighted by Gasteiger charge is 2.40. The van der Waals surface area contributed by atoms with Gasteiger partial charge in [-0.15, -0.1) is 0 Å². The van der Waals surface area contributed by atoms with Crippen LogP contribution in [-0.4, -0.2) is 43.3 Å². The van der Waals surface area contributed by atoms with E-state index >= 15 is 0 Å². The molecule has 0 saturated heterocycles. The second-order valence-electron chi connectivity index (χ2n) is 7.73. The number of hydrogen-bond donors (Lipinski definition) is 2. The predicted molar refractivity (Wildman–Crippen MR) is 109 cm³/mol. The maximum Gasteiger partial charge on any atom is 0.271 e. The Morgan fingerprint density at radius 3 is 2.74 bits per heavy atom. The first-order valence-corrected chi connectivity index (χ1v) is 9.95. The van der Waals surface area contributed by atoms with Crippen molar-refractivity contribution in [2.75, 3.05) is 6.54 Å². The van der Waals surface area contributed by atoms with Crippen LogP contribution in [0.4, 0.5) is 4.39 Å². The second kappa shape index (κ2) is 8.73. The van der Waals surface area contributed by atoms with Crippen LogP contribution in [-0.2, 0) is 6.61 Å². The van der Waals surface area contributed by atoms with Crippen LogP contribution < -0.4 is 10.1 Å². The molecule has 4 rings (SSSR count). The van der Waals surface area contributed by atoms with Crippen LogP contribution in [0.5, 0.6) is 5.88 Å². The maximum absolute atomic E-state index is 13.4. The molecule has 160 valence electrons. The zero-order chi connectivity index (χ0) is 21.8. The van der Waals surface area contributed by atoms with Gasteiger partial charge in [0.2, 0.25) is 5.88 Å². The van der Waals surface area contributed by atoms with E-state index in [1.54, 1.807) is 25.3 Å². The molecule has 8 nitrogen and oxygen atoms in total. The summed E-state index contributed by atoms with van der Waals surface area (Å²) in [6.45, 7) is 1.94. The van der Waals surface area contributed by atoms with E-state index in [1.807, 2.05) is 0 Å². The third-order valence-corrected chi connectivity index (χ3v) is 5.14. The van der Waals surface area contributed by atoms with Gasteiger partial charge < -0.3 is 15.2 Å². The van der Waals surface area contributed by atoms with E-state index in [9.17, 15) is 14.3 Å². The van der Waals surface area contributed by atoms with Crippen LogP contribution in [0.15, 0.2) is 48.8 Å². The Morgan fingerprint density at radius 1 is 1.29 bits per heavy atom. The summed E-state index contributed by atoms with van der Waals surface area (Å²) < 4.78 is 19.1. The summed E-state index contributed by atoms with van der Waals surface area (Å²) in [6.07, 6.45) is 4.77. The average molecular weight is 423 g/mol. The highest BCUT2D eigenvalue weighted by atomic mass is 19.1. The van der Waals surface area contributed by atoms with Crippen molar-refractivity contribution in [2.45, 2.75) is 32.0 Å². The fraction of sp³-hybridized carbons (Fsp3) is 0.318. The molecule has 31 heavy (non-hydrogen) atoms. The first-order chi connectivity index (χ1) is 14.9. The molecule has 1 atom stereocenters. The quantitative estimate of drug-likeness (QED) is 0.573. The van der Waals surface area contributed by atoms with Crippen molar-refractivity contribution in [3.8, 4) is 17.1 Å². The van der Waals surface area contributed by atoms with E-state index < -0.39 is 17.3 Å². The zero-order valence-electron chi connectivity index (χ0n) is 17.0. The van der Waals surface area contributed by atoms with Crippen LogP contribution in [0.2, 0.25) is 0 Å². The van der Waals surface area contributed by atoms with Crippen LogP contribution in [0, 0.1) is 11.7 Å². The Kier molecular flexibility index (Phi) is 5.85. The number of rotatable bonds is 8. The number of aliphatic hydroxyl groups is 1. The third kappa shape index (κ3) is 5.18. The van der Waals surface area contributed by atoms with Crippen molar-refractivity contribution < 1.29 is 19.0 Å². The summed E-state index contributed by atoms with van der Waals surface area (Å²) in [5.41, 5.74) is 0.548. The lowest BCUT2D eigenvalue weighted by atomic mass is 10.0. The SMILES string of the molecule is C[C@](O)(CNC(=O)c1cnc(OCc2cccnn2)c(-c2ccc(F)cc2)n1)C1CC1. The summed E-state index contributed by atoms with van der Waals surface area (Å²) >= 11 is 0. The van der Waals surface area contributed by atoms with E-state index in [2.05, 4.69) is 25.5 Å². The number of amides is 1. The Hall–Kier alpha value is -3.46. The third-order valence-electron chi connectivity index (χ3n) is 5.14. The molecule has 2 N–H and O–H groups in total. The van der Waals surface area contributed by atoms with E-state index in [4.69, 9.17) is 4.74 Å². The molecule has 2 aromatic heterocycles. The highest BCUT2D eigenvalue weighted by molar-refractivity contribution is 5.92.